The van der Waals surface area contributed by atoms with Crippen molar-refractivity contribution < 1.29 is 24.5 Å². The van der Waals surface area contributed by atoms with Crippen LogP contribution in [-0.4, -0.2) is 71.7 Å². The van der Waals surface area contributed by atoms with Gasteiger partial charge in [0.05, 0.1) is 13.7 Å². The maximum atomic E-state index is 12.3. The number of carboxylic acids is 1. The predicted octanol–water partition coefficient (Wildman–Crippen LogP) is 0.243. The Balaban J connectivity index is 1.98. The summed E-state index contributed by atoms with van der Waals surface area (Å²) in [7, 11) is 1.44. The number of hydrogen-bond donors (Lipinski definition) is 2. The molecule has 1 saturated heterocycles. The van der Waals surface area contributed by atoms with E-state index in [1.54, 1.807) is 21.9 Å². The Kier molecular flexibility index (Phi) is 4.64. The highest BCUT2D eigenvalue weighted by atomic mass is 16.5. The second-order valence-corrected chi connectivity index (χ2v) is 4.85. The van der Waals surface area contributed by atoms with E-state index in [2.05, 4.69) is 0 Å². The molecule has 0 aliphatic carbocycles. The molecule has 0 saturated carbocycles. The number of rotatable bonds is 4. The number of benzene rings is 1. The van der Waals surface area contributed by atoms with Gasteiger partial charge in [0.15, 0.2) is 11.5 Å². The average molecular weight is 294 g/mol. The number of aliphatic carboxylic acids is 1. The number of phenolic OH excluding ortho intramolecular Hbond substituents is 1. The molecule has 1 aliphatic rings. The molecule has 7 heteroatoms. The molecule has 114 valence electrons. The Labute approximate surface area is 122 Å². The zero-order valence-electron chi connectivity index (χ0n) is 11.8. The number of methoxy groups -OCH3 is 1. The summed E-state index contributed by atoms with van der Waals surface area (Å²) in [6.45, 7) is 1.99. The van der Waals surface area contributed by atoms with Gasteiger partial charge < -0.3 is 19.8 Å². The van der Waals surface area contributed by atoms with Gasteiger partial charge in [-0.05, 0) is 18.2 Å². The first-order valence-electron chi connectivity index (χ1n) is 6.61. The van der Waals surface area contributed by atoms with Crippen LogP contribution in [0, 0.1) is 0 Å². The van der Waals surface area contributed by atoms with Crippen LogP contribution in [0.3, 0.4) is 0 Å². The summed E-state index contributed by atoms with van der Waals surface area (Å²) >= 11 is 0. The van der Waals surface area contributed by atoms with E-state index in [9.17, 15) is 14.7 Å². The normalized spacial score (nSPS) is 15.8. The number of carboxylic acid groups (broad SMARTS) is 1. The van der Waals surface area contributed by atoms with Gasteiger partial charge in [0.2, 0.25) is 0 Å². The third kappa shape index (κ3) is 3.63. The van der Waals surface area contributed by atoms with Gasteiger partial charge in [0, 0.05) is 31.7 Å². The lowest BCUT2D eigenvalue weighted by Gasteiger charge is -2.33. The van der Waals surface area contributed by atoms with Crippen LogP contribution in [-0.2, 0) is 4.79 Å². The lowest BCUT2D eigenvalue weighted by molar-refractivity contribution is -0.138. The fourth-order valence-electron chi connectivity index (χ4n) is 2.31. The van der Waals surface area contributed by atoms with Crippen molar-refractivity contribution in [2.45, 2.75) is 0 Å². The van der Waals surface area contributed by atoms with Crippen LogP contribution in [0.5, 0.6) is 11.5 Å². The third-order valence-electron chi connectivity index (χ3n) is 3.44. The standard InChI is InChI=1S/C14H18N2O5/c1-21-12-3-2-10(8-11(12)17)14(20)16-6-4-15(5-7-16)9-13(18)19/h2-3,8,17H,4-7,9H2,1H3,(H,18,19). The molecule has 2 rings (SSSR count). The molecule has 0 bridgehead atoms. The van der Waals surface area contributed by atoms with E-state index in [-0.39, 0.29) is 18.2 Å². The molecule has 7 nitrogen and oxygen atoms in total. The van der Waals surface area contributed by atoms with E-state index in [0.29, 0.717) is 37.5 Å². The van der Waals surface area contributed by atoms with Crippen molar-refractivity contribution in [3.05, 3.63) is 23.8 Å². The number of aromatic hydroxyl groups is 1. The molecule has 0 aromatic heterocycles. The zero-order valence-corrected chi connectivity index (χ0v) is 11.8. The van der Waals surface area contributed by atoms with Crippen LogP contribution in [0.4, 0.5) is 0 Å². The smallest absolute Gasteiger partial charge is 0.317 e. The number of phenols is 1. The first kappa shape index (κ1) is 15.1. The van der Waals surface area contributed by atoms with Crippen LogP contribution in [0.1, 0.15) is 10.4 Å². The lowest BCUT2D eigenvalue weighted by atomic mass is 10.1. The summed E-state index contributed by atoms with van der Waals surface area (Å²) in [5, 5.41) is 18.4. The number of carbonyl (C=O) groups is 2. The van der Waals surface area contributed by atoms with Gasteiger partial charge in [-0.3, -0.25) is 14.5 Å². The van der Waals surface area contributed by atoms with E-state index in [0.717, 1.165) is 0 Å². The Hall–Kier alpha value is -2.28. The third-order valence-corrected chi connectivity index (χ3v) is 3.44. The molecule has 0 radical (unpaired) electrons. The van der Waals surface area contributed by atoms with Crippen molar-refractivity contribution in [2.75, 3.05) is 39.8 Å². The van der Waals surface area contributed by atoms with Crippen molar-refractivity contribution in [1.29, 1.82) is 0 Å². The summed E-state index contributed by atoms with van der Waals surface area (Å²) in [4.78, 5) is 26.4. The number of hydrogen-bond acceptors (Lipinski definition) is 5. The van der Waals surface area contributed by atoms with Gasteiger partial charge in [-0.25, -0.2) is 0 Å². The van der Waals surface area contributed by atoms with Crippen LogP contribution in [0.15, 0.2) is 18.2 Å². The number of nitrogens with zero attached hydrogens (tertiary/aromatic N) is 2. The van der Waals surface area contributed by atoms with Crippen molar-refractivity contribution in [1.82, 2.24) is 9.80 Å². The molecule has 1 heterocycles. The minimum Gasteiger partial charge on any atom is -0.504 e. The lowest BCUT2D eigenvalue weighted by Crippen LogP contribution is -2.49. The highest BCUT2D eigenvalue weighted by molar-refractivity contribution is 5.95. The molecule has 1 aliphatic heterocycles. The summed E-state index contributed by atoms with van der Waals surface area (Å²) in [5.41, 5.74) is 0.389. The summed E-state index contributed by atoms with van der Waals surface area (Å²) < 4.78 is 4.94. The quantitative estimate of drug-likeness (QED) is 0.827. The van der Waals surface area contributed by atoms with E-state index in [4.69, 9.17) is 9.84 Å². The maximum Gasteiger partial charge on any atom is 0.317 e. The van der Waals surface area contributed by atoms with Gasteiger partial charge in [-0.2, -0.15) is 0 Å². The van der Waals surface area contributed by atoms with Crippen LogP contribution in [0.2, 0.25) is 0 Å². The highest BCUT2D eigenvalue weighted by Gasteiger charge is 2.23. The summed E-state index contributed by atoms with van der Waals surface area (Å²) in [5.74, 6) is -0.802. The molecule has 1 aromatic carbocycles. The van der Waals surface area contributed by atoms with Crippen molar-refractivity contribution >= 4 is 11.9 Å². The topological polar surface area (TPSA) is 90.3 Å². The van der Waals surface area contributed by atoms with Crippen LogP contribution >= 0.6 is 0 Å². The molecule has 1 amide bonds. The highest BCUT2D eigenvalue weighted by Crippen LogP contribution is 2.26. The van der Waals surface area contributed by atoms with Crippen molar-refractivity contribution in [3.8, 4) is 11.5 Å². The molecule has 21 heavy (non-hydrogen) atoms. The number of carbonyl (C=O) groups excluding carboxylic acids is 1. The van der Waals surface area contributed by atoms with Crippen molar-refractivity contribution in [2.24, 2.45) is 0 Å². The van der Waals surface area contributed by atoms with Gasteiger partial charge in [-0.1, -0.05) is 0 Å². The van der Waals surface area contributed by atoms with Crippen molar-refractivity contribution in [3.63, 3.8) is 0 Å². The second-order valence-electron chi connectivity index (χ2n) is 4.85. The van der Waals surface area contributed by atoms with Crippen LogP contribution < -0.4 is 4.74 Å². The average Bonchev–Trinajstić information content (AvgIpc) is 2.46. The molecule has 1 fully saturated rings. The van der Waals surface area contributed by atoms with Gasteiger partial charge in [0.1, 0.15) is 0 Å². The van der Waals surface area contributed by atoms with E-state index < -0.39 is 5.97 Å². The first-order valence-corrected chi connectivity index (χ1v) is 6.61. The SMILES string of the molecule is COc1ccc(C(=O)N2CCN(CC(=O)O)CC2)cc1O. The fourth-order valence-corrected chi connectivity index (χ4v) is 2.31. The minimum absolute atomic E-state index is 0.00858. The van der Waals surface area contributed by atoms with E-state index in [1.165, 1.54) is 13.2 Å². The van der Waals surface area contributed by atoms with Gasteiger partial charge in [0.25, 0.3) is 5.91 Å². The summed E-state index contributed by atoms with van der Waals surface area (Å²) in [6.07, 6.45) is 0. The molecule has 0 atom stereocenters. The molecule has 0 spiro atoms. The Morgan fingerprint density at radius 3 is 2.43 bits per heavy atom. The van der Waals surface area contributed by atoms with E-state index in [1.807, 2.05) is 0 Å². The zero-order chi connectivity index (χ0) is 15.4. The van der Waals surface area contributed by atoms with Gasteiger partial charge >= 0.3 is 5.97 Å². The largest absolute Gasteiger partial charge is 0.504 e. The number of amides is 1. The van der Waals surface area contributed by atoms with Gasteiger partial charge in [-0.15, -0.1) is 0 Å². The minimum atomic E-state index is -0.866. The molecular formula is C14H18N2O5. The Morgan fingerprint density at radius 2 is 1.90 bits per heavy atom. The Bertz CT molecular complexity index is 538. The number of ether oxygens (including phenoxy) is 1. The first-order chi connectivity index (χ1) is 10.0. The number of piperazine rings is 1. The summed E-state index contributed by atoms with van der Waals surface area (Å²) in [6, 6.07) is 4.53. The maximum absolute atomic E-state index is 12.3. The van der Waals surface area contributed by atoms with E-state index >= 15 is 0 Å². The molecule has 1 aromatic rings. The molecular weight excluding hydrogens is 276 g/mol. The monoisotopic (exact) mass is 294 g/mol. The fraction of sp³-hybridized carbons (Fsp3) is 0.429. The molecule has 2 N–H and O–H groups in total. The predicted molar refractivity (Wildman–Crippen MR) is 74.6 cm³/mol. The second kappa shape index (κ2) is 6.45. The molecule has 0 unspecified atom stereocenters. The Morgan fingerprint density at radius 1 is 1.24 bits per heavy atom. The van der Waals surface area contributed by atoms with Crippen LogP contribution in [0.25, 0.3) is 0 Å².